The molecule has 0 bridgehead atoms. The second-order valence-electron chi connectivity index (χ2n) is 5.98. The predicted molar refractivity (Wildman–Crippen MR) is 79.6 cm³/mol. The molecule has 0 aromatic heterocycles. The van der Waals surface area contributed by atoms with Gasteiger partial charge in [-0.1, -0.05) is 19.8 Å². The van der Waals surface area contributed by atoms with Crippen molar-refractivity contribution >= 4 is 5.91 Å². The first-order valence-electron chi connectivity index (χ1n) is 7.30. The summed E-state index contributed by atoms with van der Waals surface area (Å²) < 4.78 is 5.00. The highest BCUT2D eigenvalue weighted by atomic mass is 16.5. The Kier molecular flexibility index (Phi) is 4.73. The summed E-state index contributed by atoms with van der Waals surface area (Å²) in [6, 6.07) is 4.56. The number of aliphatic hydroxyl groups excluding tert-OH is 1. The number of carbonyl (C=O) groups is 1. The van der Waals surface area contributed by atoms with Crippen LogP contribution < -0.4 is 10.1 Å². The number of aliphatic hydroxyl groups is 1. The van der Waals surface area contributed by atoms with E-state index in [2.05, 4.69) is 12.2 Å². The van der Waals surface area contributed by atoms with Gasteiger partial charge >= 0.3 is 0 Å². The Labute approximate surface area is 124 Å². The Morgan fingerprint density at radius 1 is 1.52 bits per heavy atom. The van der Waals surface area contributed by atoms with E-state index >= 15 is 0 Å². The Bertz CT molecular complexity index is 517. The maximum Gasteiger partial charge on any atom is 0.255 e. The predicted octanol–water partition coefficient (Wildman–Crippen LogP) is 2.07. The van der Waals surface area contributed by atoms with Crippen LogP contribution >= 0.6 is 0 Å². The zero-order valence-electron chi connectivity index (χ0n) is 12.6. The number of rotatable bonds is 4. The van der Waals surface area contributed by atoms with E-state index in [1.165, 1.54) is 19.2 Å². The van der Waals surface area contributed by atoms with E-state index in [1.807, 2.05) is 0 Å². The van der Waals surface area contributed by atoms with E-state index < -0.39 is 5.54 Å². The van der Waals surface area contributed by atoms with Crippen molar-refractivity contribution in [3.8, 4) is 11.5 Å². The Hall–Kier alpha value is -1.75. The van der Waals surface area contributed by atoms with Crippen molar-refractivity contribution < 1.29 is 19.7 Å². The number of methoxy groups -OCH3 is 1. The number of carbonyl (C=O) groups excluding carboxylic acids is 1. The van der Waals surface area contributed by atoms with Gasteiger partial charge < -0.3 is 20.3 Å². The number of phenols is 1. The molecule has 1 fully saturated rings. The minimum atomic E-state index is -0.582. The topological polar surface area (TPSA) is 78.8 Å². The first kappa shape index (κ1) is 15.6. The molecule has 1 aliphatic rings. The molecule has 1 aromatic carbocycles. The van der Waals surface area contributed by atoms with Crippen molar-refractivity contribution in [3.63, 3.8) is 0 Å². The maximum absolute atomic E-state index is 12.4. The van der Waals surface area contributed by atoms with Gasteiger partial charge in [-0.25, -0.2) is 0 Å². The summed E-state index contributed by atoms with van der Waals surface area (Å²) in [4.78, 5) is 12.4. The number of aromatic hydroxyl groups is 1. The summed E-state index contributed by atoms with van der Waals surface area (Å²) >= 11 is 0. The van der Waals surface area contributed by atoms with Gasteiger partial charge in [-0.3, -0.25) is 4.79 Å². The van der Waals surface area contributed by atoms with Gasteiger partial charge in [-0.2, -0.15) is 0 Å². The van der Waals surface area contributed by atoms with E-state index in [0.717, 1.165) is 25.7 Å². The molecule has 21 heavy (non-hydrogen) atoms. The number of hydrogen-bond acceptors (Lipinski definition) is 4. The van der Waals surface area contributed by atoms with Gasteiger partial charge in [0.1, 0.15) is 11.5 Å². The molecular weight excluding hydrogens is 270 g/mol. The number of ether oxygens (including phenoxy) is 1. The fourth-order valence-electron chi connectivity index (χ4n) is 3.10. The summed E-state index contributed by atoms with van der Waals surface area (Å²) in [6.45, 7) is 2.04. The van der Waals surface area contributed by atoms with Crippen molar-refractivity contribution in [2.45, 2.75) is 38.1 Å². The molecule has 116 valence electrons. The lowest BCUT2D eigenvalue weighted by atomic mass is 9.76. The average Bonchev–Trinajstić information content (AvgIpc) is 2.46. The van der Waals surface area contributed by atoms with Gasteiger partial charge in [0.15, 0.2) is 0 Å². The van der Waals surface area contributed by atoms with Crippen LogP contribution in [0.1, 0.15) is 43.0 Å². The van der Waals surface area contributed by atoms with E-state index in [0.29, 0.717) is 11.7 Å². The molecule has 1 saturated carbocycles. The van der Waals surface area contributed by atoms with Crippen LogP contribution in [0.5, 0.6) is 11.5 Å². The fourth-order valence-corrected chi connectivity index (χ4v) is 3.10. The summed E-state index contributed by atoms with van der Waals surface area (Å²) in [5.74, 6) is 0.477. The van der Waals surface area contributed by atoms with Gasteiger partial charge in [0.2, 0.25) is 0 Å². The SMILES string of the molecule is COc1ccc(C(=O)NC2(CO)CCCC(C)C2)c(O)c1. The third-order valence-corrected chi connectivity index (χ3v) is 4.22. The molecule has 2 unspecified atom stereocenters. The molecule has 0 aliphatic heterocycles. The molecule has 0 saturated heterocycles. The molecule has 1 aliphatic carbocycles. The van der Waals surface area contributed by atoms with E-state index in [1.54, 1.807) is 6.07 Å². The molecule has 0 spiro atoms. The molecule has 3 N–H and O–H groups in total. The van der Waals surface area contributed by atoms with Crippen LogP contribution in [-0.2, 0) is 0 Å². The van der Waals surface area contributed by atoms with Crippen molar-refractivity contribution in [3.05, 3.63) is 23.8 Å². The van der Waals surface area contributed by atoms with Crippen molar-refractivity contribution in [1.29, 1.82) is 0 Å². The van der Waals surface area contributed by atoms with Gasteiger partial charge in [0.05, 0.1) is 24.8 Å². The summed E-state index contributed by atoms with van der Waals surface area (Å²) in [5, 5.41) is 22.6. The first-order chi connectivity index (χ1) is 9.99. The van der Waals surface area contributed by atoms with Gasteiger partial charge in [-0.05, 0) is 30.9 Å². The van der Waals surface area contributed by atoms with Gasteiger partial charge in [-0.15, -0.1) is 0 Å². The maximum atomic E-state index is 12.4. The number of hydrogen-bond donors (Lipinski definition) is 3. The Morgan fingerprint density at radius 3 is 2.86 bits per heavy atom. The van der Waals surface area contributed by atoms with E-state index in [-0.39, 0.29) is 23.8 Å². The summed E-state index contributed by atoms with van der Waals surface area (Å²) in [6.07, 6.45) is 3.62. The molecule has 1 amide bonds. The zero-order chi connectivity index (χ0) is 15.5. The molecular formula is C16H23NO4. The quantitative estimate of drug-likeness (QED) is 0.794. The van der Waals surface area contributed by atoms with E-state index in [9.17, 15) is 15.0 Å². The molecule has 0 heterocycles. The lowest BCUT2D eigenvalue weighted by Gasteiger charge is -2.39. The van der Waals surface area contributed by atoms with Crippen LogP contribution in [0.4, 0.5) is 0 Å². The van der Waals surface area contributed by atoms with Gasteiger partial charge in [0.25, 0.3) is 5.91 Å². The second-order valence-corrected chi connectivity index (χ2v) is 5.98. The van der Waals surface area contributed by atoms with Crippen LogP contribution in [-0.4, -0.2) is 35.4 Å². The van der Waals surface area contributed by atoms with Crippen molar-refractivity contribution in [2.75, 3.05) is 13.7 Å². The minimum absolute atomic E-state index is 0.0833. The Morgan fingerprint density at radius 2 is 2.29 bits per heavy atom. The van der Waals surface area contributed by atoms with Crippen molar-refractivity contribution in [2.24, 2.45) is 5.92 Å². The number of phenolic OH excluding ortho intramolecular Hbond substituents is 1. The monoisotopic (exact) mass is 293 g/mol. The number of amides is 1. The highest BCUT2D eigenvalue weighted by Crippen LogP contribution is 2.33. The zero-order valence-corrected chi connectivity index (χ0v) is 12.6. The second kappa shape index (κ2) is 6.35. The van der Waals surface area contributed by atoms with Crippen LogP contribution in [0.25, 0.3) is 0 Å². The van der Waals surface area contributed by atoms with E-state index in [4.69, 9.17) is 4.74 Å². The minimum Gasteiger partial charge on any atom is -0.507 e. The largest absolute Gasteiger partial charge is 0.507 e. The molecule has 2 atom stereocenters. The van der Waals surface area contributed by atoms with Crippen molar-refractivity contribution in [1.82, 2.24) is 5.32 Å². The smallest absolute Gasteiger partial charge is 0.255 e. The fraction of sp³-hybridized carbons (Fsp3) is 0.562. The molecule has 2 rings (SSSR count). The van der Waals surface area contributed by atoms with Crippen LogP contribution in [0, 0.1) is 5.92 Å². The number of nitrogens with one attached hydrogen (secondary N) is 1. The highest BCUT2D eigenvalue weighted by Gasteiger charge is 2.36. The third-order valence-electron chi connectivity index (χ3n) is 4.22. The molecule has 5 heteroatoms. The van der Waals surface area contributed by atoms with Crippen LogP contribution in [0.15, 0.2) is 18.2 Å². The summed E-state index contributed by atoms with van der Waals surface area (Å²) in [5.41, 5.74) is -0.386. The molecule has 5 nitrogen and oxygen atoms in total. The number of benzene rings is 1. The lowest BCUT2D eigenvalue weighted by Crippen LogP contribution is -2.53. The normalized spacial score (nSPS) is 25.4. The standard InChI is InChI=1S/C16H23NO4/c1-11-4-3-7-16(9-11,10-18)17-15(20)13-6-5-12(21-2)8-14(13)19/h5-6,8,11,18-19H,3-4,7,9-10H2,1-2H3,(H,17,20). The van der Waals surface area contributed by atoms with Gasteiger partial charge in [0, 0.05) is 6.07 Å². The third kappa shape index (κ3) is 3.47. The van der Waals surface area contributed by atoms with Crippen LogP contribution in [0.3, 0.4) is 0 Å². The first-order valence-corrected chi connectivity index (χ1v) is 7.30. The molecule has 0 radical (unpaired) electrons. The lowest BCUT2D eigenvalue weighted by molar-refractivity contribution is 0.0695. The Balaban J connectivity index is 2.16. The summed E-state index contributed by atoms with van der Waals surface area (Å²) in [7, 11) is 1.50. The molecule has 1 aromatic rings. The van der Waals surface area contributed by atoms with Crippen LogP contribution in [0.2, 0.25) is 0 Å². The average molecular weight is 293 g/mol. The highest BCUT2D eigenvalue weighted by molar-refractivity contribution is 5.97.